The molecule has 2 aliphatic rings. The number of aliphatic carboxylic acids is 1. The maximum absolute atomic E-state index is 11.1. The number of carboxylic acid groups (broad SMARTS) is 1. The Labute approximate surface area is 182 Å². The van der Waals surface area contributed by atoms with E-state index in [1.165, 1.54) is 21.0 Å². The van der Waals surface area contributed by atoms with E-state index in [1.54, 1.807) is 6.92 Å². The second kappa shape index (κ2) is 13.3. The molecule has 2 rings (SSSR count). The fourth-order valence-corrected chi connectivity index (χ4v) is 3.75. The first-order chi connectivity index (χ1) is 14.5. The molecule has 0 saturated carbocycles. The summed E-state index contributed by atoms with van der Waals surface area (Å²) < 4.78 is 25.4. The summed E-state index contributed by atoms with van der Waals surface area (Å²) in [5.74, 6) is -2.81. The number of carbonyl (C=O) groups is 4. The lowest BCUT2D eigenvalue weighted by molar-refractivity contribution is -0.190. The summed E-state index contributed by atoms with van der Waals surface area (Å²) in [5, 5.41) is 9.11. The Morgan fingerprint density at radius 1 is 1.00 bits per heavy atom. The van der Waals surface area contributed by atoms with Crippen molar-refractivity contribution in [3.8, 4) is 0 Å². The molecule has 0 spiro atoms. The molecule has 2 saturated heterocycles. The Morgan fingerprint density at radius 3 is 2.13 bits per heavy atom. The number of esters is 3. The van der Waals surface area contributed by atoms with E-state index in [1.807, 2.05) is 6.92 Å². The predicted molar refractivity (Wildman–Crippen MR) is 107 cm³/mol. The van der Waals surface area contributed by atoms with Gasteiger partial charge in [0.05, 0.1) is 38.3 Å². The van der Waals surface area contributed by atoms with Crippen molar-refractivity contribution in [1.29, 1.82) is 0 Å². The van der Waals surface area contributed by atoms with Crippen LogP contribution in [-0.2, 0) is 42.9 Å². The zero-order valence-corrected chi connectivity index (χ0v) is 18.8. The van der Waals surface area contributed by atoms with Gasteiger partial charge in [-0.2, -0.15) is 0 Å². The summed E-state index contributed by atoms with van der Waals surface area (Å²) in [4.78, 5) is 44.0. The Hall–Kier alpha value is -2.20. The third kappa shape index (κ3) is 9.65. The zero-order valence-electron chi connectivity index (χ0n) is 18.8. The second-order valence-corrected chi connectivity index (χ2v) is 7.78. The summed E-state index contributed by atoms with van der Waals surface area (Å²) >= 11 is 0. The fourth-order valence-electron chi connectivity index (χ4n) is 3.75. The molecule has 0 bridgehead atoms. The topological polar surface area (TPSA) is 135 Å². The SMILES string of the molecule is CC(=O)O[C@H]1[C@H](C)OCC[C@@H]1OC(C)=O.COC(=O)CC(C(=O)O)[C@@H]1CCO[C@@H](C)C1. The number of carboxylic acids is 1. The van der Waals surface area contributed by atoms with Gasteiger partial charge in [-0.05, 0) is 32.6 Å². The predicted octanol–water partition coefficient (Wildman–Crippen LogP) is 1.72. The molecule has 31 heavy (non-hydrogen) atoms. The van der Waals surface area contributed by atoms with Gasteiger partial charge in [0.2, 0.25) is 0 Å². The van der Waals surface area contributed by atoms with Gasteiger partial charge in [0.25, 0.3) is 0 Å². The largest absolute Gasteiger partial charge is 0.481 e. The third-order valence-corrected chi connectivity index (χ3v) is 5.26. The van der Waals surface area contributed by atoms with Gasteiger partial charge < -0.3 is 28.8 Å². The molecular weight excluding hydrogens is 412 g/mol. The molecule has 0 aliphatic carbocycles. The highest BCUT2D eigenvalue weighted by Gasteiger charge is 2.36. The standard InChI is InChI=1S/C11H18O5.C10H16O5/c1-7-5-8(3-4-16-7)9(11(13)14)6-10(12)15-2;1-6-10(15-8(3)12)9(4-5-13-6)14-7(2)11/h7-9H,3-6H2,1-2H3,(H,13,14);6,9-10H,4-5H2,1-3H3/t7-,8+,9?;6-,9-,10-/m00/s1. The van der Waals surface area contributed by atoms with Gasteiger partial charge in [-0.25, -0.2) is 0 Å². The van der Waals surface area contributed by atoms with Gasteiger partial charge in [0.15, 0.2) is 6.10 Å². The lowest BCUT2D eigenvalue weighted by atomic mass is 9.82. The van der Waals surface area contributed by atoms with Crippen LogP contribution in [0.5, 0.6) is 0 Å². The van der Waals surface area contributed by atoms with E-state index in [0.29, 0.717) is 32.5 Å². The number of carbonyl (C=O) groups excluding carboxylic acids is 3. The van der Waals surface area contributed by atoms with E-state index in [0.717, 1.165) is 0 Å². The molecular formula is C21H34O10. The van der Waals surface area contributed by atoms with Gasteiger partial charge in [0.1, 0.15) is 6.10 Å². The van der Waals surface area contributed by atoms with Crippen molar-refractivity contribution in [2.75, 3.05) is 20.3 Å². The molecule has 10 heteroatoms. The Bertz CT molecular complexity index is 619. The van der Waals surface area contributed by atoms with Crippen molar-refractivity contribution in [3.05, 3.63) is 0 Å². The molecule has 1 unspecified atom stereocenters. The van der Waals surface area contributed by atoms with E-state index in [4.69, 9.17) is 24.1 Å². The molecule has 0 aromatic heterocycles. The number of methoxy groups -OCH3 is 1. The summed E-state index contributed by atoms with van der Waals surface area (Å²) in [6.07, 6.45) is 0.817. The number of ether oxygens (including phenoxy) is 5. The van der Waals surface area contributed by atoms with Crippen molar-refractivity contribution in [2.24, 2.45) is 11.8 Å². The van der Waals surface area contributed by atoms with Crippen LogP contribution in [0.25, 0.3) is 0 Å². The van der Waals surface area contributed by atoms with Gasteiger partial charge in [0, 0.05) is 26.9 Å². The van der Waals surface area contributed by atoms with E-state index in [2.05, 4.69) is 4.74 Å². The molecule has 2 heterocycles. The quantitative estimate of drug-likeness (QED) is 0.474. The number of hydrogen-bond acceptors (Lipinski definition) is 9. The van der Waals surface area contributed by atoms with Crippen molar-refractivity contribution < 1.29 is 48.0 Å². The molecule has 10 nitrogen and oxygen atoms in total. The average molecular weight is 446 g/mol. The maximum Gasteiger partial charge on any atom is 0.307 e. The fraction of sp³-hybridized carbons (Fsp3) is 0.810. The summed E-state index contributed by atoms with van der Waals surface area (Å²) in [6.45, 7) is 7.46. The first kappa shape index (κ1) is 26.8. The Kier molecular flexibility index (Phi) is 11.5. The monoisotopic (exact) mass is 446 g/mol. The van der Waals surface area contributed by atoms with Crippen molar-refractivity contribution in [3.63, 3.8) is 0 Å². The minimum Gasteiger partial charge on any atom is -0.481 e. The van der Waals surface area contributed by atoms with Gasteiger partial charge in [-0.3, -0.25) is 19.2 Å². The van der Waals surface area contributed by atoms with Crippen LogP contribution < -0.4 is 0 Å². The van der Waals surface area contributed by atoms with Crippen LogP contribution in [0.15, 0.2) is 0 Å². The van der Waals surface area contributed by atoms with Crippen LogP contribution in [0, 0.1) is 11.8 Å². The second-order valence-electron chi connectivity index (χ2n) is 7.78. The molecule has 2 fully saturated rings. The van der Waals surface area contributed by atoms with Crippen LogP contribution in [0.3, 0.4) is 0 Å². The third-order valence-electron chi connectivity index (χ3n) is 5.26. The lowest BCUT2D eigenvalue weighted by Crippen LogP contribution is -2.47. The molecule has 0 aromatic carbocycles. The summed E-state index contributed by atoms with van der Waals surface area (Å²) in [5.41, 5.74) is 0. The number of hydrogen-bond donors (Lipinski definition) is 1. The van der Waals surface area contributed by atoms with E-state index in [9.17, 15) is 19.2 Å². The highest BCUT2D eigenvalue weighted by molar-refractivity contribution is 5.79. The Morgan fingerprint density at radius 2 is 1.61 bits per heavy atom. The van der Waals surface area contributed by atoms with Crippen LogP contribution >= 0.6 is 0 Å². The van der Waals surface area contributed by atoms with Crippen LogP contribution in [-0.4, -0.2) is 73.7 Å². The van der Waals surface area contributed by atoms with Gasteiger partial charge in [-0.1, -0.05) is 0 Å². The van der Waals surface area contributed by atoms with Crippen molar-refractivity contribution >= 4 is 23.9 Å². The normalized spacial score (nSPS) is 28.9. The number of rotatable bonds is 6. The molecule has 0 aromatic rings. The smallest absolute Gasteiger partial charge is 0.307 e. The molecule has 178 valence electrons. The zero-order chi connectivity index (χ0) is 23.6. The average Bonchev–Trinajstić information content (AvgIpc) is 2.68. The first-order valence-corrected chi connectivity index (χ1v) is 10.4. The molecule has 6 atom stereocenters. The van der Waals surface area contributed by atoms with Gasteiger partial charge in [-0.15, -0.1) is 0 Å². The first-order valence-electron chi connectivity index (χ1n) is 10.4. The maximum atomic E-state index is 11.1. The minimum absolute atomic E-state index is 0.000324. The molecule has 1 N–H and O–H groups in total. The van der Waals surface area contributed by atoms with Crippen LogP contribution in [0.2, 0.25) is 0 Å². The summed E-state index contributed by atoms with van der Waals surface area (Å²) in [6, 6.07) is 0. The van der Waals surface area contributed by atoms with Crippen molar-refractivity contribution in [2.45, 2.75) is 77.8 Å². The minimum atomic E-state index is -0.926. The van der Waals surface area contributed by atoms with E-state index in [-0.39, 0.29) is 30.5 Å². The van der Waals surface area contributed by atoms with Crippen molar-refractivity contribution in [1.82, 2.24) is 0 Å². The summed E-state index contributed by atoms with van der Waals surface area (Å²) in [7, 11) is 1.27. The molecule has 2 aliphatic heterocycles. The lowest BCUT2D eigenvalue weighted by Gasteiger charge is -2.34. The molecule has 0 amide bonds. The highest BCUT2D eigenvalue weighted by Crippen LogP contribution is 2.29. The molecule has 0 radical (unpaired) electrons. The Balaban J connectivity index is 0.000000311. The van der Waals surface area contributed by atoms with Gasteiger partial charge >= 0.3 is 23.9 Å². The van der Waals surface area contributed by atoms with E-state index >= 15 is 0 Å². The highest BCUT2D eigenvalue weighted by atomic mass is 16.6. The van der Waals surface area contributed by atoms with Crippen LogP contribution in [0.4, 0.5) is 0 Å². The van der Waals surface area contributed by atoms with Crippen LogP contribution in [0.1, 0.15) is 53.4 Å². The van der Waals surface area contributed by atoms with E-state index < -0.39 is 36.0 Å².